The maximum absolute atomic E-state index is 12.9. The van der Waals surface area contributed by atoms with Crippen LogP contribution < -0.4 is 9.64 Å². The first kappa shape index (κ1) is 20.8. The lowest BCUT2D eigenvalue weighted by Crippen LogP contribution is -2.44. The number of carbonyl (C=O) groups is 2. The Kier molecular flexibility index (Phi) is 6.15. The van der Waals surface area contributed by atoms with Crippen molar-refractivity contribution in [2.45, 2.75) is 38.8 Å². The first-order chi connectivity index (χ1) is 12.6. The third kappa shape index (κ3) is 5.01. The molecule has 0 aliphatic carbocycles. The molecule has 1 atom stereocenters. The van der Waals surface area contributed by atoms with Crippen LogP contribution in [0.15, 0.2) is 24.3 Å². The average molecular weight is 376 g/mol. The molecule has 0 spiro atoms. The molecular weight excluding hydrogens is 348 g/mol. The summed E-state index contributed by atoms with van der Waals surface area (Å²) < 4.78 is 10.6. The molecule has 1 unspecified atom stereocenters. The second-order valence-corrected chi connectivity index (χ2v) is 7.81. The van der Waals surface area contributed by atoms with Gasteiger partial charge in [0.05, 0.1) is 12.8 Å². The van der Waals surface area contributed by atoms with Gasteiger partial charge in [0.1, 0.15) is 5.60 Å². The van der Waals surface area contributed by atoms with E-state index >= 15 is 0 Å². The van der Waals surface area contributed by atoms with Crippen molar-refractivity contribution in [2.75, 3.05) is 32.1 Å². The van der Waals surface area contributed by atoms with Crippen LogP contribution in [0.1, 0.15) is 37.6 Å². The molecule has 148 valence electrons. The molecule has 1 fully saturated rings. The number of aldehydes is 1. The second-order valence-electron chi connectivity index (χ2n) is 7.81. The lowest BCUT2D eigenvalue weighted by molar-refractivity contribution is 0.0572. The van der Waals surface area contributed by atoms with Gasteiger partial charge in [-0.3, -0.25) is 14.6 Å². The Morgan fingerprint density at radius 3 is 2.59 bits per heavy atom. The van der Waals surface area contributed by atoms with Crippen LogP contribution in [-0.4, -0.2) is 61.3 Å². The van der Waals surface area contributed by atoms with Gasteiger partial charge < -0.3 is 14.6 Å². The monoisotopic (exact) mass is 376 g/mol. The second kappa shape index (κ2) is 8.00. The molecule has 27 heavy (non-hydrogen) atoms. The summed E-state index contributed by atoms with van der Waals surface area (Å²) in [6.45, 7) is 10.4. The van der Waals surface area contributed by atoms with Crippen LogP contribution >= 0.6 is 0 Å². The molecule has 2 rings (SSSR count). The van der Waals surface area contributed by atoms with Gasteiger partial charge in [0, 0.05) is 30.8 Å². The minimum Gasteiger partial charge on any atom is -0.504 e. The Morgan fingerprint density at radius 1 is 1.44 bits per heavy atom. The van der Waals surface area contributed by atoms with Gasteiger partial charge >= 0.3 is 6.09 Å². The van der Waals surface area contributed by atoms with Gasteiger partial charge in [-0.05, 0) is 40.3 Å². The molecule has 0 saturated carbocycles. The predicted molar refractivity (Wildman–Crippen MR) is 104 cm³/mol. The topological polar surface area (TPSA) is 79.3 Å². The van der Waals surface area contributed by atoms with Gasteiger partial charge in [0.25, 0.3) is 0 Å². The largest absolute Gasteiger partial charge is 0.504 e. The number of likely N-dealkylation sites (tertiary alicyclic amines) is 1. The van der Waals surface area contributed by atoms with E-state index in [1.165, 1.54) is 24.1 Å². The number of hydrogen-bond acceptors (Lipinski definition) is 6. The van der Waals surface area contributed by atoms with Crippen LogP contribution in [0.25, 0.3) is 0 Å². The van der Waals surface area contributed by atoms with Crippen molar-refractivity contribution in [2.24, 2.45) is 0 Å². The molecule has 7 nitrogen and oxygen atoms in total. The smallest absolute Gasteiger partial charge is 0.414 e. The van der Waals surface area contributed by atoms with E-state index in [0.29, 0.717) is 12.8 Å². The molecule has 7 heteroatoms. The molecule has 1 amide bonds. The molecule has 1 aromatic carbocycles. The number of anilines is 1. The van der Waals surface area contributed by atoms with E-state index in [0.717, 1.165) is 18.5 Å². The normalized spacial score (nSPS) is 17.7. The first-order valence-electron chi connectivity index (χ1n) is 8.79. The minimum absolute atomic E-state index is 0.0359. The number of nitrogens with zero attached hydrogens (tertiary/aromatic N) is 2. The fraction of sp³-hybridized carbons (Fsp3) is 0.500. The van der Waals surface area contributed by atoms with E-state index in [-0.39, 0.29) is 28.8 Å². The summed E-state index contributed by atoms with van der Waals surface area (Å²) in [7, 11) is 3.36. The Morgan fingerprint density at radius 2 is 2.11 bits per heavy atom. The summed E-state index contributed by atoms with van der Waals surface area (Å²) in [5, 5.41) is 10.2. The van der Waals surface area contributed by atoms with Crippen molar-refractivity contribution in [3.8, 4) is 11.5 Å². The number of likely N-dealkylation sites (N-methyl/N-ethyl adjacent to an activating group) is 1. The van der Waals surface area contributed by atoms with Gasteiger partial charge in [-0.25, -0.2) is 4.79 Å². The zero-order valence-corrected chi connectivity index (χ0v) is 16.6. The van der Waals surface area contributed by atoms with Crippen molar-refractivity contribution in [3.05, 3.63) is 29.8 Å². The average Bonchev–Trinajstić information content (AvgIpc) is 2.88. The SMILES string of the molecule is C=C1CC(CN(C(=O)OC(C)(C)C)c2cc(O)c(OC)cc2C=O)N(C)C1. The summed E-state index contributed by atoms with van der Waals surface area (Å²) in [4.78, 5) is 28.0. The van der Waals surface area contributed by atoms with Crippen molar-refractivity contribution >= 4 is 18.1 Å². The highest BCUT2D eigenvalue weighted by atomic mass is 16.6. The third-order valence-corrected chi connectivity index (χ3v) is 4.37. The molecule has 1 saturated heterocycles. The van der Waals surface area contributed by atoms with Gasteiger partial charge in [0.2, 0.25) is 0 Å². The predicted octanol–water partition coefficient (Wildman–Crippen LogP) is 3.22. The number of phenolic OH excluding ortho intramolecular Hbond substituents is 1. The maximum Gasteiger partial charge on any atom is 0.414 e. The zero-order chi connectivity index (χ0) is 20.4. The van der Waals surface area contributed by atoms with Crippen molar-refractivity contribution in [1.29, 1.82) is 0 Å². The number of methoxy groups -OCH3 is 1. The summed E-state index contributed by atoms with van der Waals surface area (Å²) in [5.74, 6) is 0.00666. The number of benzene rings is 1. The van der Waals surface area contributed by atoms with Crippen molar-refractivity contribution in [1.82, 2.24) is 4.90 Å². The van der Waals surface area contributed by atoms with Crippen LogP contribution in [-0.2, 0) is 4.74 Å². The van der Waals surface area contributed by atoms with Gasteiger partial charge in [-0.1, -0.05) is 12.2 Å². The summed E-state index contributed by atoms with van der Waals surface area (Å²) in [6.07, 6.45) is 0.793. The van der Waals surface area contributed by atoms with Gasteiger partial charge in [0.15, 0.2) is 17.8 Å². The summed E-state index contributed by atoms with van der Waals surface area (Å²) >= 11 is 0. The van der Waals surface area contributed by atoms with E-state index < -0.39 is 11.7 Å². The van der Waals surface area contributed by atoms with Crippen molar-refractivity contribution < 1.29 is 24.2 Å². The molecule has 0 radical (unpaired) electrons. The number of amides is 1. The van der Waals surface area contributed by atoms with Crippen LogP contribution in [0.3, 0.4) is 0 Å². The number of hydrogen-bond donors (Lipinski definition) is 1. The summed E-state index contributed by atoms with van der Waals surface area (Å²) in [5.41, 5.74) is 0.898. The van der Waals surface area contributed by atoms with Crippen LogP contribution in [0.2, 0.25) is 0 Å². The van der Waals surface area contributed by atoms with Gasteiger partial charge in [-0.2, -0.15) is 0 Å². The fourth-order valence-electron chi connectivity index (χ4n) is 3.10. The minimum atomic E-state index is -0.698. The molecule has 1 aliphatic heterocycles. The molecular formula is C20H28N2O5. The standard InChI is InChI=1S/C20H28N2O5/c1-13-7-15(21(5)10-13)11-22(19(25)27-20(2,3)4)16-9-17(24)18(26-6)8-14(16)12-23/h8-9,12,15,24H,1,7,10-11H2,2-6H3. The first-order valence-corrected chi connectivity index (χ1v) is 8.79. The van der Waals surface area contributed by atoms with Crippen LogP contribution in [0.5, 0.6) is 11.5 Å². The quantitative estimate of drug-likeness (QED) is 0.628. The van der Waals surface area contributed by atoms with E-state index in [1.54, 1.807) is 20.8 Å². The summed E-state index contributed by atoms with van der Waals surface area (Å²) in [6, 6.07) is 2.80. The van der Waals surface area contributed by atoms with E-state index in [2.05, 4.69) is 11.5 Å². The Labute approximate surface area is 160 Å². The molecule has 0 bridgehead atoms. The van der Waals surface area contributed by atoms with E-state index in [1.807, 2.05) is 7.05 Å². The fourth-order valence-corrected chi connectivity index (χ4v) is 3.10. The van der Waals surface area contributed by atoms with E-state index in [4.69, 9.17) is 9.47 Å². The highest BCUT2D eigenvalue weighted by Gasteiger charge is 2.32. The van der Waals surface area contributed by atoms with Crippen LogP contribution in [0.4, 0.5) is 10.5 Å². The lowest BCUT2D eigenvalue weighted by atomic mass is 10.1. The molecule has 1 heterocycles. The highest BCUT2D eigenvalue weighted by Crippen LogP contribution is 2.35. The number of aromatic hydroxyl groups is 1. The Balaban J connectivity index is 2.45. The number of phenols is 1. The number of rotatable bonds is 5. The zero-order valence-electron chi connectivity index (χ0n) is 16.6. The third-order valence-electron chi connectivity index (χ3n) is 4.37. The molecule has 1 N–H and O–H groups in total. The number of ether oxygens (including phenoxy) is 2. The Bertz CT molecular complexity index is 739. The molecule has 1 aliphatic rings. The maximum atomic E-state index is 12.9. The highest BCUT2D eigenvalue weighted by molar-refractivity contribution is 5.96. The van der Waals surface area contributed by atoms with Gasteiger partial charge in [-0.15, -0.1) is 0 Å². The van der Waals surface area contributed by atoms with Crippen molar-refractivity contribution in [3.63, 3.8) is 0 Å². The molecule has 0 aromatic heterocycles. The Hall–Kier alpha value is -2.54. The van der Waals surface area contributed by atoms with Crippen LogP contribution in [0, 0.1) is 0 Å². The lowest BCUT2D eigenvalue weighted by Gasteiger charge is -2.31. The van der Waals surface area contributed by atoms with E-state index in [9.17, 15) is 14.7 Å². The molecule has 1 aromatic rings. The number of carbonyl (C=O) groups excluding carboxylic acids is 2.